The van der Waals surface area contributed by atoms with Gasteiger partial charge in [0.1, 0.15) is 0 Å². The van der Waals surface area contributed by atoms with Gasteiger partial charge in [0.2, 0.25) is 0 Å². The first-order valence-electron chi connectivity index (χ1n) is 9.27. The highest BCUT2D eigenvalue weighted by Crippen LogP contribution is 2.30. The number of nitrogens with zero attached hydrogens (tertiary/aromatic N) is 1. The van der Waals surface area contributed by atoms with Gasteiger partial charge in [0.25, 0.3) is 0 Å². The number of benzene rings is 3. The summed E-state index contributed by atoms with van der Waals surface area (Å²) in [5.41, 5.74) is 4.90. The van der Waals surface area contributed by atoms with E-state index in [2.05, 4.69) is 0 Å². The number of rotatable bonds is 4. The Kier molecular flexibility index (Phi) is 5.17. The zero-order chi connectivity index (χ0) is 20.3. The van der Waals surface area contributed by atoms with Crippen molar-refractivity contribution in [2.45, 2.75) is 12.6 Å². The maximum Gasteiger partial charge on any atom is 0.416 e. The van der Waals surface area contributed by atoms with Crippen LogP contribution < -0.4 is 0 Å². The fourth-order valence-electron chi connectivity index (χ4n) is 3.25. The molecule has 144 valence electrons. The second-order valence-electron chi connectivity index (χ2n) is 6.84. The van der Waals surface area contributed by atoms with E-state index in [0.29, 0.717) is 6.42 Å². The van der Waals surface area contributed by atoms with E-state index in [1.54, 1.807) is 0 Å². The maximum absolute atomic E-state index is 12.8. The van der Waals surface area contributed by atoms with E-state index < -0.39 is 11.7 Å². The average molecular weight is 389 g/mol. The van der Waals surface area contributed by atoms with Gasteiger partial charge in [0.15, 0.2) is 0 Å². The molecule has 0 fully saturated rings. The van der Waals surface area contributed by atoms with Crippen LogP contribution in [-0.4, -0.2) is 4.98 Å². The second kappa shape index (κ2) is 7.92. The lowest BCUT2D eigenvalue weighted by Crippen LogP contribution is -2.04. The van der Waals surface area contributed by atoms with E-state index in [0.717, 1.165) is 45.8 Å². The van der Waals surface area contributed by atoms with Gasteiger partial charge in [0.05, 0.1) is 11.3 Å². The number of hydrogen-bond donors (Lipinski definition) is 0. The molecule has 4 aromatic rings. The van der Waals surface area contributed by atoms with Gasteiger partial charge in [-0.05, 0) is 41.0 Å². The molecule has 0 amide bonds. The third kappa shape index (κ3) is 4.54. The number of alkyl halides is 3. The van der Waals surface area contributed by atoms with E-state index in [1.807, 2.05) is 72.8 Å². The van der Waals surface area contributed by atoms with E-state index >= 15 is 0 Å². The highest BCUT2D eigenvalue weighted by molar-refractivity contribution is 5.71. The molecule has 29 heavy (non-hydrogen) atoms. The third-order valence-corrected chi connectivity index (χ3v) is 4.72. The number of pyridine rings is 1. The molecule has 0 aliphatic carbocycles. The Bertz CT molecular complexity index is 1030. The molecule has 0 bridgehead atoms. The minimum absolute atomic E-state index is 0.457. The van der Waals surface area contributed by atoms with Crippen molar-refractivity contribution in [1.82, 2.24) is 4.98 Å². The van der Waals surface area contributed by atoms with Crippen molar-refractivity contribution in [2.24, 2.45) is 0 Å². The van der Waals surface area contributed by atoms with E-state index in [9.17, 15) is 13.2 Å². The van der Waals surface area contributed by atoms with Crippen LogP contribution >= 0.6 is 0 Å². The summed E-state index contributed by atoms with van der Waals surface area (Å²) in [4.78, 5) is 4.77. The summed E-state index contributed by atoms with van der Waals surface area (Å²) in [5, 5.41) is 0. The first-order chi connectivity index (χ1) is 14.0. The first-order valence-corrected chi connectivity index (χ1v) is 9.27. The van der Waals surface area contributed by atoms with Crippen LogP contribution in [0.15, 0.2) is 97.1 Å². The molecular formula is C25H18F3N. The van der Waals surface area contributed by atoms with Gasteiger partial charge in [-0.15, -0.1) is 0 Å². The van der Waals surface area contributed by atoms with E-state index in [1.165, 1.54) is 12.1 Å². The van der Waals surface area contributed by atoms with Gasteiger partial charge in [-0.1, -0.05) is 72.8 Å². The summed E-state index contributed by atoms with van der Waals surface area (Å²) in [5.74, 6) is 0. The Balaban J connectivity index is 1.72. The number of hydrogen-bond acceptors (Lipinski definition) is 1. The summed E-state index contributed by atoms with van der Waals surface area (Å²) < 4.78 is 38.4. The van der Waals surface area contributed by atoms with Gasteiger partial charge >= 0.3 is 6.18 Å². The smallest absolute Gasteiger partial charge is 0.252 e. The van der Waals surface area contributed by atoms with Crippen molar-refractivity contribution in [1.29, 1.82) is 0 Å². The lowest BCUT2D eigenvalue weighted by atomic mass is 9.99. The SMILES string of the molecule is FC(F)(F)c1ccc(Cc2cc(-c3ccccc3)cc(-c3ccccc3)n2)cc1. The molecule has 1 heterocycles. The molecule has 1 aromatic heterocycles. The Morgan fingerprint density at radius 1 is 0.621 bits per heavy atom. The zero-order valence-corrected chi connectivity index (χ0v) is 15.5. The fraction of sp³-hybridized carbons (Fsp3) is 0.0800. The fourth-order valence-corrected chi connectivity index (χ4v) is 3.25. The standard InChI is InChI=1S/C25H18F3N/c26-25(27,28)22-13-11-18(12-14-22)15-23-16-21(19-7-3-1-4-8-19)17-24(29-23)20-9-5-2-6-10-20/h1-14,16-17H,15H2. The molecule has 4 rings (SSSR count). The van der Waals surface area contributed by atoms with Gasteiger partial charge in [-0.3, -0.25) is 4.98 Å². The third-order valence-electron chi connectivity index (χ3n) is 4.72. The van der Waals surface area contributed by atoms with Crippen molar-refractivity contribution in [3.05, 3.63) is 114 Å². The predicted molar refractivity (Wildman–Crippen MR) is 109 cm³/mol. The van der Waals surface area contributed by atoms with Gasteiger partial charge in [-0.25, -0.2) is 0 Å². The Hall–Kier alpha value is -3.40. The minimum atomic E-state index is -4.33. The molecule has 0 saturated heterocycles. The van der Waals surface area contributed by atoms with Crippen LogP contribution in [0, 0.1) is 0 Å². The van der Waals surface area contributed by atoms with Gasteiger partial charge in [-0.2, -0.15) is 13.2 Å². The van der Waals surface area contributed by atoms with Crippen LogP contribution in [0.3, 0.4) is 0 Å². The molecule has 0 spiro atoms. The summed E-state index contributed by atoms with van der Waals surface area (Å²) >= 11 is 0. The molecule has 0 aliphatic heterocycles. The minimum Gasteiger partial charge on any atom is -0.252 e. The average Bonchev–Trinajstić information content (AvgIpc) is 2.74. The summed E-state index contributed by atoms with van der Waals surface area (Å²) in [6.45, 7) is 0. The van der Waals surface area contributed by atoms with Crippen LogP contribution in [0.5, 0.6) is 0 Å². The van der Waals surface area contributed by atoms with Crippen molar-refractivity contribution < 1.29 is 13.2 Å². The number of aromatic nitrogens is 1. The highest BCUT2D eigenvalue weighted by atomic mass is 19.4. The van der Waals surface area contributed by atoms with Crippen LogP contribution in [-0.2, 0) is 12.6 Å². The van der Waals surface area contributed by atoms with E-state index in [-0.39, 0.29) is 0 Å². The van der Waals surface area contributed by atoms with Crippen LogP contribution in [0.25, 0.3) is 22.4 Å². The number of halogens is 3. The molecule has 0 N–H and O–H groups in total. The monoisotopic (exact) mass is 389 g/mol. The Labute approximate surface area is 167 Å². The Morgan fingerprint density at radius 2 is 1.21 bits per heavy atom. The van der Waals surface area contributed by atoms with Crippen molar-refractivity contribution >= 4 is 0 Å². The molecule has 0 unspecified atom stereocenters. The molecule has 3 aromatic carbocycles. The van der Waals surface area contributed by atoms with Crippen LogP contribution in [0.1, 0.15) is 16.8 Å². The molecule has 0 radical (unpaired) electrons. The molecule has 0 atom stereocenters. The molecule has 4 heteroatoms. The topological polar surface area (TPSA) is 12.9 Å². The van der Waals surface area contributed by atoms with Gasteiger partial charge in [0, 0.05) is 17.7 Å². The van der Waals surface area contributed by atoms with Crippen LogP contribution in [0.2, 0.25) is 0 Å². The zero-order valence-electron chi connectivity index (χ0n) is 15.5. The summed E-state index contributed by atoms with van der Waals surface area (Å²) in [6.07, 6.45) is -3.87. The first kappa shape index (κ1) is 18.9. The summed E-state index contributed by atoms with van der Waals surface area (Å²) in [7, 11) is 0. The molecule has 0 aliphatic rings. The predicted octanol–water partition coefficient (Wildman–Crippen LogP) is 7.03. The van der Waals surface area contributed by atoms with Crippen molar-refractivity contribution in [3.63, 3.8) is 0 Å². The maximum atomic E-state index is 12.8. The highest BCUT2D eigenvalue weighted by Gasteiger charge is 2.29. The van der Waals surface area contributed by atoms with Gasteiger partial charge < -0.3 is 0 Å². The van der Waals surface area contributed by atoms with E-state index in [4.69, 9.17) is 4.98 Å². The molecule has 0 saturated carbocycles. The lowest BCUT2D eigenvalue weighted by molar-refractivity contribution is -0.137. The molecule has 1 nitrogen and oxygen atoms in total. The van der Waals surface area contributed by atoms with Crippen molar-refractivity contribution in [3.8, 4) is 22.4 Å². The lowest BCUT2D eigenvalue weighted by Gasteiger charge is -2.11. The largest absolute Gasteiger partial charge is 0.416 e. The summed E-state index contributed by atoms with van der Waals surface area (Å²) in [6, 6.07) is 29.2. The van der Waals surface area contributed by atoms with Crippen molar-refractivity contribution in [2.75, 3.05) is 0 Å². The quantitative estimate of drug-likeness (QED) is 0.365. The van der Waals surface area contributed by atoms with Crippen LogP contribution in [0.4, 0.5) is 13.2 Å². The normalized spacial score (nSPS) is 11.4. The second-order valence-corrected chi connectivity index (χ2v) is 6.84. The Morgan fingerprint density at radius 3 is 1.79 bits per heavy atom. The molecular weight excluding hydrogens is 371 g/mol.